The van der Waals surface area contributed by atoms with Gasteiger partial charge < -0.3 is 16.3 Å². The van der Waals surface area contributed by atoms with E-state index in [1.54, 1.807) is 0 Å². The van der Waals surface area contributed by atoms with Gasteiger partial charge in [0.15, 0.2) is 5.84 Å². The van der Waals surface area contributed by atoms with Crippen LogP contribution in [0.2, 0.25) is 0 Å². The maximum atomic E-state index is 12.0. The average Bonchev–Trinajstić information content (AvgIpc) is 3.20. The highest BCUT2D eigenvalue weighted by Crippen LogP contribution is 2.45. The lowest BCUT2D eigenvalue weighted by atomic mass is 10.1. The van der Waals surface area contributed by atoms with Crippen molar-refractivity contribution in [3.8, 4) is 0 Å². The largest absolute Gasteiger partial charge is 0.409 e. The third-order valence-corrected chi connectivity index (χ3v) is 4.54. The first-order valence-electron chi connectivity index (χ1n) is 6.25. The van der Waals surface area contributed by atoms with Crippen LogP contribution in [0.3, 0.4) is 0 Å². The Bertz CT molecular complexity index is 338. The van der Waals surface area contributed by atoms with Crippen LogP contribution in [0.25, 0.3) is 0 Å². The standard InChI is InChI=1S/C11H20N4O2S/c12-9(14-17)11(1-2-11)10(16)13-3-4-15-5-7-18-8-6-15/h17H,1-8H2,(H2,12,14)(H,13,16). The van der Waals surface area contributed by atoms with Gasteiger partial charge in [0, 0.05) is 37.7 Å². The van der Waals surface area contributed by atoms with Crippen molar-refractivity contribution < 1.29 is 10.0 Å². The highest BCUT2D eigenvalue weighted by molar-refractivity contribution is 7.99. The molecule has 102 valence electrons. The van der Waals surface area contributed by atoms with Gasteiger partial charge in [-0.05, 0) is 12.8 Å². The van der Waals surface area contributed by atoms with E-state index in [1.807, 2.05) is 11.8 Å². The van der Waals surface area contributed by atoms with Crippen molar-refractivity contribution in [3.05, 3.63) is 0 Å². The molecule has 0 spiro atoms. The lowest BCUT2D eigenvalue weighted by Crippen LogP contribution is -2.44. The highest BCUT2D eigenvalue weighted by atomic mass is 32.2. The molecule has 1 saturated carbocycles. The van der Waals surface area contributed by atoms with Gasteiger partial charge in [-0.15, -0.1) is 0 Å². The van der Waals surface area contributed by atoms with E-state index in [4.69, 9.17) is 10.9 Å². The second-order valence-corrected chi connectivity index (χ2v) is 6.00. The van der Waals surface area contributed by atoms with Crippen molar-refractivity contribution >= 4 is 23.5 Å². The van der Waals surface area contributed by atoms with Gasteiger partial charge in [-0.3, -0.25) is 9.69 Å². The van der Waals surface area contributed by atoms with Gasteiger partial charge in [-0.25, -0.2) is 0 Å². The van der Waals surface area contributed by atoms with E-state index in [2.05, 4.69) is 15.4 Å². The average molecular weight is 272 g/mol. The summed E-state index contributed by atoms with van der Waals surface area (Å²) in [6.07, 6.45) is 1.35. The van der Waals surface area contributed by atoms with Crippen LogP contribution >= 0.6 is 11.8 Å². The summed E-state index contributed by atoms with van der Waals surface area (Å²) in [7, 11) is 0. The van der Waals surface area contributed by atoms with Crippen LogP contribution in [0.1, 0.15) is 12.8 Å². The number of thioether (sulfide) groups is 1. The summed E-state index contributed by atoms with van der Waals surface area (Å²) in [5.74, 6) is 2.27. The molecule has 1 amide bonds. The molecule has 4 N–H and O–H groups in total. The molecule has 1 aliphatic heterocycles. The van der Waals surface area contributed by atoms with Crippen LogP contribution in [-0.2, 0) is 4.79 Å². The first kappa shape index (κ1) is 13.5. The lowest BCUT2D eigenvalue weighted by Gasteiger charge is -2.26. The molecule has 0 unspecified atom stereocenters. The summed E-state index contributed by atoms with van der Waals surface area (Å²) in [6.45, 7) is 3.68. The smallest absolute Gasteiger partial charge is 0.234 e. The monoisotopic (exact) mass is 272 g/mol. The topological polar surface area (TPSA) is 91.0 Å². The van der Waals surface area contributed by atoms with E-state index in [1.165, 1.54) is 11.5 Å². The molecule has 1 heterocycles. The molecule has 0 aromatic carbocycles. The summed E-state index contributed by atoms with van der Waals surface area (Å²) < 4.78 is 0. The van der Waals surface area contributed by atoms with Crippen molar-refractivity contribution in [1.82, 2.24) is 10.2 Å². The number of amidine groups is 1. The molecule has 1 aliphatic carbocycles. The zero-order valence-corrected chi connectivity index (χ0v) is 11.2. The Balaban J connectivity index is 1.72. The molecule has 6 nitrogen and oxygen atoms in total. The van der Waals surface area contributed by atoms with Gasteiger partial charge in [-0.2, -0.15) is 11.8 Å². The molecular weight excluding hydrogens is 252 g/mol. The molecule has 18 heavy (non-hydrogen) atoms. The van der Waals surface area contributed by atoms with E-state index in [9.17, 15) is 4.79 Å². The molecule has 2 aliphatic rings. The Labute approximate surface area is 111 Å². The van der Waals surface area contributed by atoms with E-state index < -0.39 is 5.41 Å². The van der Waals surface area contributed by atoms with E-state index in [-0.39, 0.29) is 11.7 Å². The van der Waals surface area contributed by atoms with Crippen molar-refractivity contribution in [2.24, 2.45) is 16.3 Å². The predicted molar refractivity (Wildman–Crippen MR) is 71.9 cm³/mol. The van der Waals surface area contributed by atoms with Crippen molar-refractivity contribution in [2.45, 2.75) is 12.8 Å². The summed E-state index contributed by atoms with van der Waals surface area (Å²) in [4.78, 5) is 14.3. The summed E-state index contributed by atoms with van der Waals surface area (Å²) in [5, 5.41) is 14.5. The Morgan fingerprint density at radius 3 is 2.67 bits per heavy atom. The molecule has 0 radical (unpaired) electrons. The lowest BCUT2D eigenvalue weighted by molar-refractivity contribution is -0.124. The summed E-state index contributed by atoms with van der Waals surface area (Å²) in [6, 6.07) is 0. The zero-order chi connectivity index (χ0) is 13.0. The van der Waals surface area contributed by atoms with E-state index in [0.717, 1.165) is 19.6 Å². The molecule has 0 bridgehead atoms. The number of oxime groups is 1. The van der Waals surface area contributed by atoms with Gasteiger partial charge in [0.1, 0.15) is 5.41 Å². The third-order valence-electron chi connectivity index (χ3n) is 3.60. The molecule has 0 atom stereocenters. The van der Waals surface area contributed by atoms with E-state index >= 15 is 0 Å². The minimum Gasteiger partial charge on any atom is -0.409 e. The maximum Gasteiger partial charge on any atom is 0.234 e. The number of carbonyl (C=O) groups is 1. The van der Waals surface area contributed by atoms with Crippen LogP contribution in [0.15, 0.2) is 5.16 Å². The molecule has 0 aromatic heterocycles. The molecular formula is C11H20N4O2S. The molecule has 0 aromatic rings. The number of hydrogen-bond acceptors (Lipinski definition) is 5. The summed E-state index contributed by atoms with van der Waals surface area (Å²) in [5.41, 5.74) is 4.83. The maximum absolute atomic E-state index is 12.0. The Morgan fingerprint density at radius 2 is 2.11 bits per heavy atom. The molecule has 2 fully saturated rings. The van der Waals surface area contributed by atoms with Crippen LogP contribution in [0, 0.1) is 5.41 Å². The van der Waals surface area contributed by atoms with Gasteiger partial charge in [0.05, 0.1) is 0 Å². The Hall–Kier alpha value is -0.950. The normalized spacial score (nSPS) is 23.7. The summed E-state index contributed by atoms with van der Waals surface area (Å²) >= 11 is 1.97. The fraction of sp³-hybridized carbons (Fsp3) is 0.818. The van der Waals surface area contributed by atoms with Crippen LogP contribution in [-0.4, -0.2) is 59.5 Å². The number of rotatable bonds is 5. The number of nitrogens with two attached hydrogens (primary N) is 1. The number of amides is 1. The van der Waals surface area contributed by atoms with Crippen molar-refractivity contribution in [1.29, 1.82) is 0 Å². The van der Waals surface area contributed by atoms with Crippen molar-refractivity contribution in [3.63, 3.8) is 0 Å². The first-order valence-corrected chi connectivity index (χ1v) is 7.41. The first-order chi connectivity index (χ1) is 8.69. The molecule has 1 saturated heterocycles. The fourth-order valence-electron chi connectivity index (χ4n) is 2.14. The third kappa shape index (κ3) is 2.89. The van der Waals surface area contributed by atoms with Crippen LogP contribution in [0.5, 0.6) is 0 Å². The van der Waals surface area contributed by atoms with Gasteiger partial charge in [0.25, 0.3) is 0 Å². The number of nitrogens with one attached hydrogen (secondary N) is 1. The SMILES string of the molecule is NC(=NO)C1(C(=O)NCCN2CCSCC2)CC1. The van der Waals surface area contributed by atoms with Gasteiger partial charge in [-0.1, -0.05) is 5.16 Å². The number of hydrogen-bond donors (Lipinski definition) is 3. The van der Waals surface area contributed by atoms with Crippen molar-refractivity contribution in [2.75, 3.05) is 37.7 Å². The van der Waals surface area contributed by atoms with Crippen LogP contribution in [0.4, 0.5) is 0 Å². The van der Waals surface area contributed by atoms with Gasteiger partial charge >= 0.3 is 0 Å². The number of carbonyl (C=O) groups excluding carboxylic acids is 1. The Morgan fingerprint density at radius 1 is 1.44 bits per heavy atom. The zero-order valence-electron chi connectivity index (χ0n) is 10.4. The second-order valence-electron chi connectivity index (χ2n) is 4.78. The minimum atomic E-state index is -0.730. The fourth-order valence-corrected chi connectivity index (χ4v) is 3.12. The van der Waals surface area contributed by atoms with Crippen LogP contribution < -0.4 is 11.1 Å². The highest BCUT2D eigenvalue weighted by Gasteiger charge is 2.54. The van der Waals surface area contributed by atoms with Gasteiger partial charge in [0.2, 0.25) is 5.91 Å². The Kier molecular flexibility index (Phi) is 4.34. The quantitative estimate of drug-likeness (QED) is 0.276. The molecule has 2 rings (SSSR count). The minimum absolute atomic E-state index is 0.0365. The second kappa shape index (κ2) is 5.79. The predicted octanol–water partition coefficient (Wildman–Crippen LogP) is -0.322. The molecule has 7 heteroatoms. The number of nitrogens with zero attached hydrogens (tertiary/aromatic N) is 2. The van der Waals surface area contributed by atoms with E-state index in [0.29, 0.717) is 19.4 Å².